The van der Waals surface area contributed by atoms with Crippen LogP contribution in [-0.4, -0.2) is 50.8 Å². The monoisotopic (exact) mass is 293 g/mol. The summed E-state index contributed by atoms with van der Waals surface area (Å²) in [5.41, 5.74) is 0. The maximum atomic E-state index is 5.29. The first kappa shape index (κ1) is 15.1. The predicted molar refractivity (Wildman–Crippen MR) is 86.5 cm³/mol. The van der Waals surface area contributed by atoms with Crippen LogP contribution in [0.5, 0.6) is 0 Å². The topological polar surface area (TPSA) is 36.9 Å². The lowest BCUT2D eigenvalue weighted by molar-refractivity contribution is 0.157. The number of guanidine groups is 1. The Morgan fingerprint density at radius 1 is 1.24 bits per heavy atom. The van der Waals surface area contributed by atoms with Crippen LogP contribution in [0.2, 0.25) is 0 Å². The smallest absolute Gasteiger partial charge is 0.193 e. The number of hydrogen-bond acceptors (Lipinski definition) is 2. The van der Waals surface area contributed by atoms with Crippen molar-refractivity contribution in [3.8, 4) is 0 Å². The van der Waals surface area contributed by atoms with Crippen molar-refractivity contribution in [2.75, 3.05) is 33.9 Å². The van der Waals surface area contributed by atoms with Gasteiger partial charge in [-0.3, -0.25) is 4.99 Å². The Hall–Kier alpha value is -0.770. The standard InChI is InChI=1S/C17H31N3O/c1-18-17(20-9-8-13(11-20)12-21-2)19-16-10-15(16)14-6-4-3-5-7-14/h13-16H,3-12H2,1-2H3,(H,18,19). The van der Waals surface area contributed by atoms with E-state index in [0.717, 1.165) is 37.5 Å². The molecule has 3 atom stereocenters. The molecule has 21 heavy (non-hydrogen) atoms. The van der Waals surface area contributed by atoms with Crippen LogP contribution in [0.4, 0.5) is 0 Å². The summed E-state index contributed by atoms with van der Waals surface area (Å²) in [6, 6.07) is 0.688. The summed E-state index contributed by atoms with van der Waals surface area (Å²) in [4.78, 5) is 6.93. The number of likely N-dealkylation sites (tertiary alicyclic amines) is 1. The molecule has 3 fully saturated rings. The molecule has 1 N–H and O–H groups in total. The molecule has 3 rings (SSSR count). The van der Waals surface area contributed by atoms with Crippen molar-refractivity contribution in [2.24, 2.45) is 22.7 Å². The van der Waals surface area contributed by atoms with Crippen LogP contribution in [0.1, 0.15) is 44.9 Å². The zero-order valence-electron chi connectivity index (χ0n) is 13.7. The molecular formula is C17H31N3O. The van der Waals surface area contributed by atoms with Crippen LogP contribution in [0.3, 0.4) is 0 Å². The molecule has 2 saturated carbocycles. The van der Waals surface area contributed by atoms with Gasteiger partial charge in [0.2, 0.25) is 0 Å². The van der Waals surface area contributed by atoms with Gasteiger partial charge in [0, 0.05) is 39.2 Å². The highest BCUT2D eigenvalue weighted by atomic mass is 16.5. The molecule has 1 heterocycles. The molecular weight excluding hydrogens is 262 g/mol. The third-order valence-corrected chi connectivity index (χ3v) is 5.61. The molecule has 0 aromatic heterocycles. The maximum Gasteiger partial charge on any atom is 0.193 e. The Morgan fingerprint density at radius 3 is 2.76 bits per heavy atom. The Bertz CT molecular complexity index is 365. The normalized spacial score (nSPS) is 34.3. The van der Waals surface area contributed by atoms with Gasteiger partial charge in [0.1, 0.15) is 0 Å². The van der Waals surface area contributed by atoms with Crippen molar-refractivity contribution in [3.63, 3.8) is 0 Å². The van der Waals surface area contributed by atoms with Crippen molar-refractivity contribution < 1.29 is 4.74 Å². The van der Waals surface area contributed by atoms with Gasteiger partial charge in [0.25, 0.3) is 0 Å². The molecule has 2 aliphatic carbocycles. The zero-order valence-corrected chi connectivity index (χ0v) is 13.7. The molecule has 1 aliphatic heterocycles. The molecule has 120 valence electrons. The number of methoxy groups -OCH3 is 1. The third kappa shape index (κ3) is 3.71. The second kappa shape index (κ2) is 6.99. The lowest BCUT2D eigenvalue weighted by atomic mass is 9.85. The van der Waals surface area contributed by atoms with Gasteiger partial charge in [-0.05, 0) is 24.7 Å². The largest absolute Gasteiger partial charge is 0.384 e. The quantitative estimate of drug-likeness (QED) is 0.639. The van der Waals surface area contributed by atoms with Gasteiger partial charge in [-0.2, -0.15) is 0 Å². The molecule has 4 nitrogen and oxygen atoms in total. The van der Waals surface area contributed by atoms with Gasteiger partial charge in [0.15, 0.2) is 5.96 Å². The molecule has 0 radical (unpaired) electrons. The molecule has 1 saturated heterocycles. The summed E-state index contributed by atoms with van der Waals surface area (Å²) in [6.07, 6.45) is 9.87. The average Bonchev–Trinajstić information content (AvgIpc) is 3.15. The predicted octanol–water partition coefficient (Wildman–Crippen LogP) is 2.50. The molecule has 3 unspecified atom stereocenters. The molecule has 0 spiro atoms. The number of nitrogens with zero attached hydrogens (tertiary/aromatic N) is 2. The summed E-state index contributed by atoms with van der Waals surface area (Å²) < 4.78 is 5.29. The van der Waals surface area contributed by atoms with Crippen molar-refractivity contribution in [2.45, 2.75) is 51.0 Å². The highest BCUT2D eigenvalue weighted by molar-refractivity contribution is 5.80. The molecule has 0 bridgehead atoms. The van der Waals surface area contributed by atoms with Crippen LogP contribution in [0.25, 0.3) is 0 Å². The first-order valence-electron chi connectivity index (χ1n) is 8.79. The van der Waals surface area contributed by atoms with Gasteiger partial charge in [-0.1, -0.05) is 32.1 Å². The van der Waals surface area contributed by atoms with E-state index in [1.54, 1.807) is 7.11 Å². The van der Waals surface area contributed by atoms with E-state index in [4.69, 9.17) is 4.74 Å². The van der Waals surface area contributed by atoms with Gasteiger partial charge >= 0.3 is 0 Å². The van der Waals surface area contributed by atoms with Crippen molar-refractivity contribution >= 4 is 5.96 Å². The van der Waals surface area contributed by atoms with E-state index in [9.17, 15) is 0 Å². The second-order valence-electron chi connectivity index (χ2n) is 7.15. The fourth-order valence-corrected chi connectivity index (χ4v) is 4.32. The van der Waals surface area contributed by atoms with E-state index in [-0.39, 0.29) is 0 Å². The van der Waals surface area contributed by atoms with Crippen molar-refractivity contribution in [1.29, 1.82) is 0 Å². The Kier molecular flexibility index (Phi) is 5.04. The lowest BCUT2D eigenvalue weighted by Gasteiger charge is -2.24. The number of rotatable bonds is 4. The fraction of sp³-hybridized carbons (Fsp3) is 0.941. The summed E-state index contributed by atoms with van der Waals surface area (Å²) >= 11 is 0. The summed E-state index contributed by atoms with van der Waals surface area (Å²) in [5, 5.41) is 3.73. The van der Waals surface area contributed by atoms with Crippen LogP contribution < -0.4 is 5.32 Å². The summed E-state index contributed by atoms with van der Waals surface area (Å²) in [7, 11) is 3.72. The Balaban J connectivity index is 1.46. The lowest BCUT2D eigenvalue weighted by Crippen LogP contribution is -2.42. The van der Waals surface area contributed by atoms with E-state index in [1.165, 1.54) is 44.9 Å². The second-order valence-corrected chi connectivity index (χ2v) is 7.15. The zero-order chi connectivity index (χ0) is 14.7. The van der Waals surface area contributed by atoms with Crippen LogP contribution in [-0.2, 0) is 4.74 Å². The molecule has 4 heteroatoms. The van der Waals surface area contributed by atoms with Gasteiger partial charge in [0.05, 0.1) is 6.61 Å². The van der Waals surface area contributed by atoms with Crippen molar-refractivity contribution in [1.82, 2.24) is 10.2 Å². The van der Waals surface area contributed by atoms with E-state index >= 15 is 0 Å². The minimum atomic E-state index is 0.668. The van der Waals surface area contributed by atoms with Crippen molar-refractivity contribution in [3.05, 3.63) is 0 Å². The minimum Gasteiger partial charge on any atom is -0.384 e. The first-order valence-corrected chi connectivity index (χ1v) is 8.79. The Morgan fingerprint density at radius 2 is 2.05 bits per heavy atom. The van der Waals surface area contributed by atoms with Gasteiger partial charge in [-0.25, -0.2) is 0 Å². The van der Waals surface area contributed by atoms with E-state index in [2.05, 4.69) is 15.2 Å². The summed E-state index contributed by atoms with van der Waals surface area (Å²) in [6.45, 7) is 3.09. The third-order valence-electron chi connectivity index (χ3n) is 5.61. The highest BCUT2D eigenvalue weighted by Crippen LogP contribution is 2.44. The summed E-state index contributed by atoms with van der Waals surface area (Å²) in [5.74, 6) is 3.69. The number of aliphatic imine (C=N–C) groups is 1. The first-order chi connectivity index (χ1) is 10.3. The molecule has 0 aromatic rings. The molecule has 3 aliphatic rings. The maximum absolute atomic E-state index is 5.29. The number of hydrogen-bond donors (Lipinski definition) is 1. The molecule has 0 amide bonds. The van der Waals surface area contributed by atoms with E-state index in [0.29, 0.717) is 12.0 Å². The fourth-order valence-electron chi connectivity index (χ4n) is 4.32. The van der Waals surface area contributed by atoms with E-state index < -0.39 is 0 Å². The number of nitrogens with one attached hydrogen (secondary N) is 1. The van der Waals surface area contributed by atoms with Gasteiger partial charge < -0.3 is 15.0 Å². The minimum absolute atomic E-state index is 0.668. The van der Waals surface area contributed by atoms with Gasteiger partial charge in [-0.15, -0.1) is 0 Å². The average molecular weight is 293 g/mol. The number of ether oxygens (including phenoxy) is 1. The SMILES string of the molecule is CN=C(NC1CC1C1CCCCC1)N1CCC(COC)C1. The van der Waals surface area contributed by atoms with E-state index in [1.807, 2.05) is 7.05 Å². The van der Waals surface area contributed by atoms with Crippen LogP contribution in [0, 0.1) is 17.8 Å². The Labute approximate surface area is 129 Å². The highest BCUT2D eigenvalue weighted by Gasteiger charge is 2.44. The van der Waals surface area contributed by atoms with Crippen LogP contribution in [0.15, 0.2) is 4.99 Å². The molecule has 0 aromatic carbocycles. The van der Waals surface area contributed by atoms with Crippen LogP contribution >= 0.6 is 0 Å².